The molecule has 0 aromatic heterocycles. The highest BCUT2D eigenvalue weighted by Crippen LogP contribution is 2.20. The Bertz CT molecular complexity index is 853. The van der Waals surface area contributed by atoms with Gasteiger partial charge in [0.15, 0.2) is 0 Å². The average molecular weight is 349 g/mol. The third-order valence-electron chi connectivity index (χ3n) is 2.88. The van der Waals surface area contributed by atoms with Gasteiger partial charge in [-0.25, -0.2) is 5.43 Å². The minimum Gasteiger partial charge on any atom is -0.267 e. The fourth-order valence-electron chi connectivity index (χ4n) is 1.73. The van der Waals surface area contributed by atoms with Crippen LogP contribution in [-0.4, -0.2) is 22.0 Å². The lowest BCUT2D eigenvalue weighted by Crippen LogP contribution is -2.17. The number of nitro benzene ring substituents is 2. The summed E-state index contributed by atoms with van der Waals surface area (Å²) in [4.78, 5) is 32.1. The van der Waals surface area contributed by atoms with E-state index in [0.717, 1.165) is 12.3 Å². The number of hydrogen-bond acceptors (Lipinski definition) is 6. The summed E-state index contributed by atoms with van der Waals surface area (Å²) < 4.78 is 0. The summed E-state index contributed by atoms with van der Waals surface area (Å²) in [5.74, 6) is -0.670. The number of rotatable bonds is 5. The van der Waals surface area contributed by atoms with Gasteiger partial charge in [0.2, 0.25) is 0 Å². The van der Waals surface area contributed by atoms with Gasteiger partial charge in [-0.05, 0) is 12.1 Å². The van der Waals surface area contributed by atoms with Crippen LogP contribution in [0.5, 0.6) is 0 Å². The summed E-state index contributed by atoms with van der Waals surface area (Å²) in [6, 6.07) is 8.89. The maximum Gasteiger partial charge on any atom is 0.271 e. The Labute approximate surface area is 139 Å². The topological polar surface area (TPSA) is 128 Å². The Morgan fingerprint density at radius 3 is 2.42 bits per heavy atom. The summed E-state index contributed by atoms with van der Waals surface area (Å²) in [6.45, 7) is 0. The second-order valence-corrected chi connectivity index (χ2v) is 4.88. The number of nitro groups is 2. The predicted octanol–water partition coefficient (Wildman–Crippen LogP) is 2.92. The third kappa shape index (κ3) is 4.11. The Morgan fingerprint density at radius 1 is 1.08 bits per heavy atom. The Balaban J connectivity index is 2.13. The van der Waals surface area contributed by atoms with Crippen LogP contribution in [0.25, 0.3) is 0 Å². The molecule has 9 nitrogen and oxygen atoms in total. The SMILES string of the molecule is O=C(N/N=C/c1cc([N+](=O)[O-])ccc1Cl)c1cccc([N+](=O)[O-])c1. The lowest BCUT2D eigenvalue weighted by molar-refractivity contribution is -0.385. The number of benzene rings is 2. The van der Waals surface area contributed by atoms with Gasteiger partial charge in [-0.2, -0.15) is 5.10 Å². The van der Waals surface area contributed by atoms with Gasteiger partial charge in [-0.1, -0.05) is 17.7 Å². The molecule has 0 heterocycles. The van der Waals surface area contributed by atoms with Gasteiger partial charge < -0.3 is 0 Å². The quantitative estimate of drug-likeness (QED) is 0.504. The first-order valence-corrected chi connectivity index (χ1v) is 6.78. The zero-order chi connectivity index (χ0) is 17.7. The van der Waals surface area contributed by atoms with E-state index in [4.69, 9.17) is 11.6 Å². The molecule has 1 N–H and O–H groups in total. The lowest BCUT2D eigenvalue weighted by Gasteiger charge is -2.01. The summed E-state index contributed by atoms with van der Waals surface area (Å²) in [6.07, 6.45) is 1.14. The van der Waals surface area contributed by atoms with Crippen molar-refractivity contribution in [3.8, 4) is 0 Å². The second-order valence-electron chi connectivity index (χ2n) is 4.47. The van der Waals surface area contributed by atoms with Crippen LogP contribution in [0.3, 0.4) is 0 Å². The lowest BCUT2D eigenvalue weighted by atomic mass is 10.2. The number of hydrogen-bond donors (Lipinski definition) is 1. The highest BCUT2D eigenvalue weighted by molar-refractivity contribution is 6.33. The highest BCUT2D eigenvalue weighted by atomic mass is 35.5. The molecule has 1 amide bonds. The van der Waals surface area contributed by atoms with Crippen molar-refractivity contribution >= 4 is 35.1 Å². The van der Waals surface area contributed by atoms with Crippen LogP contribution >= 0.6 is 11.6 Å². The van der Waals surface area contributed by atoms with Crippen LogP contribution in [0.15, 0.2) is 47.6 Å². The van der Waals surface area contributed by atoms with Crippen LogP contribution in [0.1, 0.15) is 15.9 Å². The summed E-state index contributed by atoms with van der Waals surface area (Å²) >= 11 is 5.89. The number of nitrogens with zero attached hydrogens (tertiary/aromatic N) is 3. The number of nitrogens with one attached hydrogen (secondary N) is 1. The molecule has 0 spiro atoms. The maximum atomic E-state index is 11.9. The first-order chi connectivity index (χ1) is 11.4. The number of carbonyl (C=O) groups excluding carboxylic acids is 1. The first-order valence-electron chi connectivity index (χ1n) is 6.40. The molecule has 2 rings (SSSR count). The number of non-ortho nitro benzene ring substituents is 2. The van der Waals surface area contributed by atoms with Crippen molar-refractivity contribution in [2.24, 2.45) is 5.10 Å². The van der Waals surface area contributed by atoms with Gasteiger partial charge >= 0.3 is 0 Å². The molecule has 2 aromatic carbocycles. The molecule has 0 atom stereocenters. The van der Waals surface area contributed by atoms with Gasteiger partial charge in [0.1, 0.15) is 0 Å². The van der Waals surface area contributed by atoms with Crippen LogP contribution in [0.4, 0.5) is 11.4 Å². The predicted molar refractivity (Wildman–Crippen MR) is 86.3 cm³/mol. The monoisotopic (exact) mass is 348 g/mol. The number of amides is 1. The molecule has 0 radical (unpaired) electrons. The number of halogens is 1. The summed E-state index contributed by atoms with van der Waals surface area (Å²) in [7, 11) is 0. The van der Waals surface area contributed by atoms with E-state index >= 15 is 0 Å². The average Bonchev–Trinajstić information content (AvgIpc) is 2.56. The smallest absolute Gasteiger partial charge is 0.267 e. The fraction of sp³-hybridized carbons (Fsp3) is 0. The van der Waals surface area contributed by atoms with Gasteiger partial charge in [-0.3, -0.25) is 25.0 Å². The van der Waals surface area contributed by atoms with E-state index in [1.807, 2.05) is 0 Å². The first kappa shape index (κ1) is 17.0. The Hall–Kier alpha value is -3.33. The maximum absolute atomic E-state index is 11.9. The van der Waals surface area contributed by atoms with Crippen LogP contribution < -0.4 is 5.43 Å². The molecule has 0 bridgehead atoms. The van der Waals surface area contributed by atoms with Crippen molar-refractivity contribution in [2.75, 3.05) is 0 Å². The van der Waals surface area contributed by atoms with Crippen molar-refractivity contribution in [3.05, 3.63) is 78.8 Å². The number of hydrazone groups is 1. The van der Waals surface area contributed by atoms with Gasteiger partial charge in [0.05, 0.1) is 16.1 Å². The standard InChI is InChI=1S/C14H9ClN4O5/c15-13-5-4-12(19(23)24)7-10(13)8-16-17-14(20)9-2-1-3-11(6-9)18(21)22/h1-8H,(H,17,20)/b16-8+. The molecular weight excluding hydrogens is 340 g/mol. The minimum absolute atomic E-state index is 0.0477. The van der Waals surface area contributed by atoms with E-state index in [-0.39, 0.29) is 27.5 Å². The molecule has 24 heavy (non-hydrogen) atoms. The fourth-order valence-corrected chi connectivity index (χ4v) is 1.90. The van der Waals surface area contributed by atoms with Crippen molar-refractivity contribution in [1.82, 2.24) is 5.43 Å². The molecule has 0 saturated heterocycles. The molecule has 0 aliphatic heterocycles. The van der Waals surface area contributed by atoms with Crippen LogP contribution in [0.2, 0.25) is 5.02 Å². The zero-order valence-corrected chi connectivity index (χ0v) is 12.6. The largest absolute Gasteiger partial charge is 0.271 e. The molecule has 0 saturated carbocycles. The Morgan fingerprint density at radius 2 is 1.75 bits per heavy atom. The molecule has 10 heteroatoms. The summed E-state index contributed by atoms with van der Waals surface area (Å²) in [5.41, 5.74) is 2.05. The van der Waals surface area contributed by atoms with E-state index in [9.17, 15) is 25.0 Å². The van der Waals surface area contributed by atoms with Crippen molar-refractivity contribution in [1.29, 1.82) is 0 Å². The van der Waals surface area contributed by atoms with Crippen molar-refractivity contribution in [2.45, 2.75) is 0 Å². The van der Waals surface area contributed by atoms with E-state index in [1.54, 1.807) is 0 Å². The zero-order valence-electron chi connectivity index (χ0n) is 11.9. The van der Waals surface area contributed by atoms with Gasteiger partial charge in [0.25, 0.3) is 17.3 Å². The number of carbonyl (C=O) groups is 1. The molecule has 0 fully saturated rings. The van der Waals surface area contributed by atoms with Gasteiger partial charge in [0, 0.05) is 40.4 Å². The van der Waals surface area contributed by atoms with Crippen LogP contribution in [0, 0.1) is 20.2 Å². The molecule has 122 valence electrons. The summed E-state index contributed by atoms with van der Waals surface area (Å²) in [5, 5.41) is 25.3. The van der Waals surface area contributed by atoms with Crippen LogP contribution in [-0.2, 0) is 0 Å². The van der Waals surface area contributed by atoms with Crippen molar-refractivity contribution < 1.29 is 14.6 Å². The third-order valence-corrected chi connectivity index (χ3v) is 3.22. The van der Waals surface area contributed by atoms with Gasteiger partial charge in [-0.15, -0.1) is 0 Å². The minimum atomic E-state index is -0.670. The van der Waals surface area contributed by atoms with E-state index in [0.29, 0.717) is 0 Å². The van der Waals surface area contributed by atoms with E-state index in [1.165, 1.54) is 36.4 Å². The van der Waals surface area contributed by atoms with E-state index < -0.39 is 15.8 Å². The second kappa shape index (κ2) is 7.29. The Kier molecular flexibility index (Phi) is 5.17. The highest BCUT2D eigenvalue weighted by Gasteiger charge is 2.11. The molecule has 0 unspecified atom stereocenters. The molecular formula is C14H9ClN4O5. The molecule has 0 aliphatic rings. The van der Waals surface area contributed by atoms with E-state index in [2.05, 4.69) is 10.5 Å². The normalized spacial score (nSPS) is 10.5. The molecule has 0 aliphatic carbocycles. The molecule has 2 aromatic rings. The van der Waals surface area contributed by atoms with Crippen molar-refractivity contribution in [3.63, 3.8) is 0 Å².